The Bertz CT molecular complexity index is 263. The smallest absolute Gasteiger partial charge is 0.00674 e. The number of hydrogen-bond acceptors (Lipinski definition) is 1. The molecule has 1 aromatic carbocycles. The molecule has 0 saturated carbocycles. The number of nitrogens with one attached hydrogen (secondary N) is 1. The zero-order chi connectivity index (χ0) is 11.1. The molecule has 0 bridgehead atoms. The molecule has 0 heterocycles. The van der Waals surface area contributed by atoms with Crippen LogP contribution in [0.4, 0.5) is 0 Å². The third-order valence-electron chi connectivity index (χ3n) is 2.89. The second kappa shape index (κ2) is 6.62. The zero-order valence-corrected chi connectivity index (χ0v) is 10.2. The van der Waals surface area contributed by atoms with Crippen LogP contribution < -0.4 is 5.32 Å². The number of rotatable bonds is 6. The molecule has 0 aliphatic heterocycles. The Morgan fingerprint density at radius 3 is 2.33 bits per heavy atom. The summed E-state index contributed by atoms with van der Waals surface area (Å²) in [7, 11) is 0. The van der Waals surface area contributed by atoms with E-state index in [2.05, 4.69) is 50.4 Å². The summed E-state index contributed by atoms with van der Waals surface area (Å²) in [6.07, 6.45) is 3.65. The minimum atomic E-state index is 0.677. The Labute approximate surface area is 93.9 Å². The third-order valence-corrected chi connectivity index (χ3v) is 2.89. The monoisotopic (exact) mass is 205 g/mol. The van der Waals surface area contributed by atoms with E-state index in [-0.39, 0.29) is 0 Å². The fourth-order valence-corrected chi connectivity index (χ4v) is 1.83. The van der Waals surface area contributed by atoms with Gasteiger partial charge >= 0.3 is 0 Å². The molecule has 0 radical (unpaired) electrons. The van der Waals surface area contributed by atoms with Gasteiger partial charge in [0.1, 0.15) is 0 Å². The average Bonchev–Trinajstić information content (AvgIpc) is 2.26. The first kappa shape index (κ1) is 12.3. The Balaban J connectivity index is 2.38. The van der Waals surface area contributed by atoms with Gasteiger partial charge in [0.25, 0.3) is 0 Å². The second-order valence-corrected chi connectivity index (χ2v) is 4.19. The van der Waals surface area contributed by atoms with E-state index < -0.39 is 0 Å². The second-order valence-electron chi connectivity index (χ2n) is 4.19. The molecule has 1 aromatic rings. The summed E-state index contributed by atoms with van der Waals surface area (Å²) in [5.74, 6) is 0. The Morgan fingerprint density at radius 1 is 1.13 bits per heavy atom. The van der Waals surface area contributed by atoms with Crippen molar-refractivity contribution in [1.82, 2.24) is 5.32 Å². The van der Waals surface area contributed by atoms with Crippen molar-refractivity contribution in [2.24, 2.45) is 0 Å². The summed E-state index contributed by atoms with van der Waals surface area (Å²) < 4.78 is 0. The van der Waals surface area contributed by atoms with Crippen molar-refractivity contribution in [3.8, 4) is 0 Å². The lowest BCUT2D eigenvalue weighted by molar-refractivity contribution is 0.481. The van der Waals surface area contributed by atoms with Crippen LogP contribution in [0, 0.1) is 6.92 Å². The summed E-state index contributed by atoms with van der Waals surface area (Å²) >= 11 is 0. The maximum absolute atomic E-state index is 3.51. The fourth-order valence-electron chi connectivity index (χ4n) is 1.83. The average molecular weight is 205 g/mol. The van der Waals surface area contributed by atoms with E-state index in [9.17, 15) is 0 Å². The normalized spacial score (nSPS) is 12.7. The highest BCUT2D eigenvalue weighted by molar-refractivity contribution is 5.21. The summed E-state index contributed by atoms with van der Waals surface area (Å²) in [5, 5.41) is 3.51. The molecule has 0 fully saturated rings. The van der Waals surface area contributed by atoms with Crippen molar-refractivity contribution >= 4 is 0 Å². The maximum Gasteiger partial charge on any atom is 0.00674 e. The van der Waals surface area contributed by atoms with Gasteiger partial charge < -0.3 is 5.32 Å². The van der Waals surface area contributed by atoms with Crippen molar-refractivity contribution < 1.29 is 0 Å². The molecule has 1 nitrogen and oxygen atoms in total. The SMILES string of the molecule is CCNC(CC)CCc1ccc(C)cc1. The van der Waals surface area contributed by atoms with Gasteiger partial charge in [-0.15, -0.1) is 0 Å². The fraction of sp³-hybridized carbons (Fsp3) is 0.571. The van der Waals surface area contributed by atoms with E-state index in [1.165, 1.54) is 30.4 Å². The van der Waals surface area contributed by atoms with Crippen LogP contribution in [0.2, 0.25) is 0 Å². The first-order valence-corrected chi connectivity index (χ1v) is 6.05. The van der Waals surface area contributed by atoms with E-state index in [0.29, 0.717) is 6.04 Å². The van der Waals surface area contributed by atoms with Gasteiger partial charge in [0, 0.05) is 6.04 Å². The summed E-state index contributed by atoms with van der Waals surface area (Å²) in [5.41, 5.74) is 2.80. The molecule has 0 saturated heterocycles. The van der Waals surface area contributed by atoms with Gasteiger partial charge in [-0.2, -0.15) is 0 Å². The van der Waals surface area contributed by atoms with E-state index in [0.717, 1.165) is 6.54 Å². The summed E-state index contributed by atoms with van der Waals surface area (Å²) in [6.45, 7) is 7.64. The van der Waals surface area contributed by atoms with Gasteiger partial charge in [-0.1, -0.05) is 43.7 Å². The van der Waals surface area contributed by atoms with Gasteiger partial charge in [0.05, 0.1) is 0 Å². The van der Waals surface area contributed by atoms with Crippen LogP contribution in [0.15, 0.2) is 24.3 Å². The van der Waals surface area contributed by atoms with Crippen molar-refractivity contribution in [3.63, 3.8) is 0 Å². The molecule has 0 aliphatic rings. The molecular formula is C14H23N. The molecule has 1 heteroatoms. The zero-order valence-electron chi connectivity index (χ0n) is 10.2. The highest BCUT2D eigenvalue weighted by Gasteiger charge is 2.03. The maximum atomic E-state index is 3.51. The van der Waals surface area contributed by atoms with Crippen LogP contribution in [-0.2, 0) is 6.42 Å². The molecule has 1 rings (SSSR count). The first-order valence-electron chi connectivity index (χ1n) is 6.05. The highest BCUT2D eigenvalue weighted by Crippen LogP contribution is 2.08. The molecule has 1 unspecified atom stereocenters. The van der Waals surface area contributed by atoms with E-state index in [1.54, 1.807) is 0 Å². The minimum Gasteiger partial charge on any atom is -0.314 e. The molecule has 0 spiro atoms. The predicted molar refractivity (Wildman–Crippen MR) is 67.3 cm³/mol. The number of benzene rings is 1. The van der Waals surface area contributed by atoms with Crippen LogP contribution >= 0.6 is 0 Å². The van der Waals surface area contributed by atoms with E-state index in [4.69, 9.17) is 0 Å². The van der Waals surface area contributed by atoms with Crippen molar-refractivity contribution in [3.05, 3.63) is 35.4 Å². The third kappa shape index (κ3) is 4.48. The minimum absolute atomic E-state index is 0.677. The van der Waals surface area contributed by atoms with Crippen LogP contribution in [0.5, 0.6) is 0 Å². The molecule has 0 aliphatic carbocycles. The van der Waals surface area contributed by atoms with Crippen LogP contribution in [0.1, 0.15) is 37.8 Å². The van der Waals surface area contributed by atoms with Crippen LogP contribution in [0.25, 0.3) is 0 Å². The lowest BCUT2D eigenvalue weighted by Gasteiger charge is -2.15. The topological polar surface area (TPSA) is 12.0 Å². The Kier molecular flexibility index (Phi) is 5.41. The van der Waals surface area contributed by atoms with Crippen molar-refractivity contribution in [2.75, 3.05) is 6.54 Å². The number of hydrogen-bond donors (Lipinski definition) is 1. The first-order chi connectivity index (χ1) is 7.26. The molecule has 84 valence electrons. The van der Waals surface area contributed by atoms with Gasteiger partial charge in [-0.3, -0.25) is 0 Å². The molecule has 1 atom stereocenters. The summed E-state index contributed by atoms with van der Waals surface area (Å²) in [4.78, 5) is 0. The van der Waals surface area contributed by atoms with Crippen molar-refractivity contribution in [2.45, 2.75) is 46.1 Å². The molecule has 1 N–H and O–H groups in total. The molecule has 0 aromatic heterocycles. The predicted octanol–water partition coefficient (Wildman–Crippen LogP) is 3.32. The number of aryl methyl sites for hydroxylation is 2. The largest absolute Gasteiger partial charge is 0.314 e. The Morgan fingerprint density at radius 2 is 1.80 bits per heavy atom. The quantitative estimate of drug-likeness (QED) is 0.751. The van der Waals surface area contributed by atoms with Gasteiger partial charge in [0.2, 0.25) is 0 Å². The standard InChI is InChI=1S/C14H23N/c1-4-14(15-5-2)11-10-13-8-6-12(3)7-9-13/h6-9,14-15H,4-5,10-11H2,1-3H3. The van der Waals surface area contributed by atoms with Crippen LogP contribution in [0.3, 0.4) is 0 Å². The van der Waals surface area contributed by atoms with Crippen LogP contribution in [-0.4, -0.2) is 12.6 Å². The van der Waals surface area contributed by atoms with Gasteiger partial charge in [-0.05, 0) is 38.3 Å². The lowest BCUT2D eigenvalue weighted by atomic mass is 10.0. The molecule has 15 heavy (non-hydrogen) atoms. The summed E-state index contributed by atoms with van der Waals surface area (Å²) in [6, 6.07) is 9.56. The van der Waals surface area contributed by atoms with Crippen molar-refractivity contribution in [1.29, 1.82) is 0 Å². The highest BCUT2D eigenvalue weighted by atomic mass is 14.9. The molecule has 0 amide bonds. The molecular weight excluding hydrogens is 182 g/mol. The van der Waals surface area contributed by atoms with Gasteiger partial charge in [0.15, 0.2) is 0 Å². The Hall–Kier alpha value is -0.820. The van der Waals surface area contributed by atoms with Gasteiger partial charge in [-0.25, -0.2) is 0 Å². The lowest BCUT2D eigenvalue weighted by Crippen LogP contribution is -2.28. The van der Waals surface area contributed by atoms with E-state index >= 15 is 0 Å². The van der Waals surface area contributed by atoms with E-state index in [1.807, 2.05) is 0 Å².